The first-order valence-corrected chi connectivity index (χ1v) is 10.9. The molecule has 0 fully saturated rings. The number of anilines is 1. The minimum Gasteiger partial charge on any atom is -0.450 e. The van der Waals surface area contributed by atoms with Crippen LogP contribution in [0.3, 0.4) is 0 Å². The zero-order chi connectivity index (χ0) is 21.2. The highest BCUT2D eigenvalue weighted by atomic mass is 79.9. The fourth-order valence-corrected chi connectivity index (χ4v) is 4.93. The normalized spacial score (nSPS) is 15.8. The van der Waals surface area contributed by atoms with Crippen molar-refractivity contribution in [2.75, 3.05) is 4.90 Å². The molecule has 0 spiro atoms. The molecular formula is C22H16BrN3O3S. The number of rotatable bonds is 2. The summed E-state index contributed by atoms with van der Waals surface area (Å²) in [5, 5.41) is 9.88. The summed E-state index contributed by atoms with van der Waals surface area (Å²) in [4.78, 5) is 28.6. The van der Waals surface area contributed by atoms with Gasteiger partial charge in [0.15, 0.2) is 5.43 Å². The minimum absolute atomic E-state index is 0.0635. The van der Waals surface area contributed by atoms with Crippen LogP contribution in [0.15, 0.2) is 50.1 Å². The lowest BCUT2D eigenvalue weighted by molar-refractivity contribution is 0.0970. The molecule has 30 heavy (non-hydrogen) atoms. The predicted molar refractivity (Wildman–Crippen MR) is 119 cm³/mol. The highest BCUT2D eigenvalue weighted by Gasteiger charge is 2.45. The first-order chi connectivity index (χ1) is 14.3. The second-order valence-corrected chi connectivity index (χ2v) is 9.42. The number of benzene rings is 2. The van der Waals surface area contributed by atoms with E-state index in [1.165, 1.54) is 16.2 Å². The molecule has 2 aromatic carbocycles. The topological polar surface area (TPSA) is 76.3 Å². The lowest BCUT2D eigenvalue weighted by Gasteiger charge is -2.22. The molecule has 0 radical (unpaired) electrons. The van der Waals surface area contributed by atoms with Crippen molar-refractivity contribution in [1.82, 2.24) is 10.2 Å². The van der Waals surface area contributed by atoms with E-state index in [1.807, 2.05) is 57.2 Å². The number of fused-ring (bicyclic) bond motifs is 2. The molecule has 5 rings (SSSR count). The smallest absolute Gasteiger partial charge is 0.297 e. The average Bonchev–Trinajstić information content (AvgIpc) is 3.25. The zero-order valence-electron chi connectivity index (χ0n) is 16.4. The van der Waals surface area contributed by atoms with Gasteiger partial charge in [-0.1, -0.05) is 39.4 Å². The average molecular weight is 482 g/mol. The van der Waals surface area contributed by atoms with Gasteiger partial charge in [0.2, 0.25) is 10.9 Å². The number of nitrogens with zero attached hydrogens (tertiary/aromatic N) is 3. The summed E-state index contributed by atoms with van der Waals surface area (Å²) in [5.41, 5.74) is 3.34. The molecule has 3 heterocycles. The number of hydrogen-bond acceptors (Lipinski definition) is 6. The van der Waals surface area contributed by atoms with Crippen LogP contribution in [-0.2, 0) is 0 Å². The van der Waals surface area contributed by atoms with Crippen LogP contribution < -0.4 is 10.3 Å². The van der Waals surface area contributed by atoms with E-state index in [0.717, 1.165) is 26.2 Å². The van der Waals surface area contributed by atoms with Crippen LogP contribution in [0.5, 0.6) is 0 Å². The summed E-state index contributed by atoms with van der Waals surface area (Å²) in [6.07, 6.45) is 0. The zero-order valence-corrected chi connectivity index (χ0v) is 18.8. The fourth-order valence-electron chi connectivity index (χ4n) is 3.80. The predicted octanol–water partition coefficient (Wildman–Crippen LogP) is 5.08. The van der Waals surface area contributed by atoms with Gasteiger partial charge in [0.25, 0.3) is 5.91 Å². The first-order valence-electron chi connectivity index (χ1n) is 9.32. The largest absolute Gasteiger partial charge is 0.450 e. The molecule has 1 aliphatic rings. The van der Waals surface area contributed by atoms with Crippen molar-refractivity contribution in [2.24, 2.45) is 0 Å². The molecule has 1 atom stereocenters. The van der Waals surface area contributed by atoms with E-state index in [-0.39, 0.29) is 17.1 Å². The monoisotopic (exact) mass is 481 g/mol. The molecule has 1 unspecified atom stereocenters. The van der Waals surface area contributed by atoms with E-state index in [9.17, 15) is 9.59 Å². The van der Waals surface area contributed by atoms with Gasteiger partial charge in [0, 0.05) is 4.47 Å². The fraction of sp³-hybridized carbons (Fsp3) is 0.182. The molecule has 0 N–H and O–H groups in total. The van der Waals surface area contributed by atoms with Gasteiger partial charge in [0.05, 0.1) is 17.0 Å². The van der Waals surface area contributed by atoms with Crippen LogP contribution in [0, 0.1) is 20.8 Å². The molecule has 6 nitrogen and oxygen atoms in total. The van der Waals surface area contributed by atoms with Crippen molar-refractivity contribution in [1.29, 1.82) is 0 Å². The van der Waals surface area contributed by atoms with Gasteiger partial charge in [-0.05, 0) is 61.7 Å². The molecule has 0 aliphatic carbocycles. The third-order valence-electron chi connectivity index (χ3n) is 5.37. The van der Waals surface area contributed by atoms with E-state index in [4.69, 9.17) is 4.42 Å². The maximum atomic E-state index is 13.6. The SMILES string of the molecule is Cc1nnc(N2C(=O)c3oc4cc(C)c(C)cc4c(=O)c3C2c2cccc(Br)c2)s1. The van der Waals surface area contributed by atoms with E-state index in [1.54, 1.807) is 0 Å². The Labute approximate surface area is 184 Å². The van der Waals surface area contributed by atoms with Gasteiger partial charge in [-0.15, -0.1) is 10.2 Å². The second kappa shape index (κ2) is 6.85. The Kier molecular flexibility index (Phi) is 4.37. The Hall–Kier alpha value is -2.84. The molecule has 150 valence electrons. The Morgan fingerprint density at radius 2 is 1.83 bits per heavy atom. The van der Waals surface area contributed by atoms with Crippen LogP contribution >= 0.6 is 27.3 Å². The van der Waals surface area contributed by atoms with Gasteiger partial charge in [0.1, 0.15) is 10.6 Å². The molecule has 1 aliphatic heterocycles. The number of amides is 1. The van der Waals surface area contributed by atoms with E-state index in [0.29, 0.717) is 21.7 Å². The minimum atomic E-state index is -0.639. The molecule has 1 amide bonds. The Morgan fingerprint density at radius 3 is 2.53 bits per heavy atom. The van der Waals surface area contributed by atoms with Crippen molar-refractivity contribution in [3.63, 3.8) is 0 Å². The van der Waals surface area contributed by atoms with Crippen molar-refractivity contribution < 1.29 is 9.21 Å². The third-order valence-corrected chi connectivity index (χ3v) is 6.70. The van der Waals surface area contributed by atoms with E-state index >= 15 is 0 Å². The number of hydrogen-bond donors (Lipinski definition) is 0. The van der Waals surface area contributed by atoms with Crippen molar-refractivity contribution in [3.8, 4) is 0 Å². The van der Waals surface area contributed by atoms with Gasteiger partial charge in [-0.2, -0.15) is 0 Å². The Balaban J connectivity index is 1.84. The summed E-state index contributed by atoms with van der Waals surface area (Å²) in [6, 6.07) is 10.6. The van der Waals surface area contributed by atoms with Crippen molar-refractivity contribution >= 4 is 49.3 Å². The Bertz CT molecular complexity index is 1410. The lowest BCUT2D eigenvalue weighted by Crippen LogP contribution is -2.29. The highest BCUT2D eigenvalue weighted by molar-refractivity contribution is 9.10. The number of aromatic nitrogens is 2. The third kappa shape index (κ3) is 2.82. The number of halogens is 1. The van der Waals surface area contributed by atoms with Crippen LogP contribution in [0.25, 0.3) is 11.0 Å². The molecule has 4 aromatic rings. The van der Waals surface area contributed by atoms with Gasteiger partial charge in [-0.25, -0.2) is 0 Å². The number of carbonyl (C=O) groups is 1. The lowest BCUT2D eigenvalue weighted by atomic mass is 9.98. The summed E-state index contributed by atoms with van der Waals surface area (Å²) >= 11 is 4.79. The molecule has 2 aromatic heterocycles. The molecule has 0 saturated carbocycles. The number of aryl methyl sites for hydroxylation is 3. The van der Waals surface area contributed by atoms with Crippen LogP contribution in [0.4, 0.5) is 5.13 Å². The summed E-state index contributed by atoms with van der Waals surface area (Å²) < 4.78 is 6.88. The summed E-state index contributed by atoms with van der Waals surface area (Å²) in [7, 11) is 0. The number of carbonyl (C=O) groups excluding carboxylic acids is 1. The van der Waals surface area contributed by atoms with Gasteiger partial charge in [-0.3, -0.25) is 14.5 Å². The summed E-state index contributed by atoms with van der Waals surface area (Å²) in [5.74, 6) is -0.322. The van der Waals surface area contributed by atoms with Crippen molar-refractivity contribution in [2.45, 2.75) is 26.8 Å². The molecular weight excluding hydrogens is 466 g/mol. The van der Waals surface area contributed by atoms with Gasteiger partial charge >= 0.3 is 0 Å². The standard InChI is InChI=1S/C22H16BrN3O3S/c1-10-7-15-16(8-11(10)2)29-20-17(19(15)27)18(13-5-4-6-14(23)9-13)26(21(20)28)22-25-24-12(3)30-22/h4-9,18H,1-3H3. The summed E-state index contributed by atoms with van der Waals surface area (Å²) in [6.45, 7) is 5.73. The van der Waals surface area contributed by atoms with Crippen LogP contribution in [-0.4, -0.2) is 16.1 Å². The highest BCUT2D eigenvalue weighted by Crippen LogP contribution is 2.42. The van der Waals surface area contributed by atoms with Crippen LogP contribution in [0.1, 0.15) is 43.9 Å². The first kappa shape index (κ1) is 19.1. The molecule has 0 saturated heterocycles. The molecule has 8 heteroatoms. The Morgan fingerprint density at radius 1 is 1.07 bits per heavy atom. The van der Waals surface area contributed by atoms with Crippen LogP contribution in [0.2, 0.25) is 0 Å². The molecule has 0 bridgehead atoms. The van der Waals surface area contributed by atoms with Crippen molar-refractivity contribution in [3.05, 3.63) is 84.1 Å². The quantitative estimate of drug-likeness (QED) is 0.398. The van der Waals surface area contributed by atoms with E-state index < -0.39 is 6.04 Å². The van der Waals surface area contributed by atoms with E-state index in [2.05, 4.69) is 26.1 Å². The second-order valence-electron chi connectivity index (χ2n) is 7.34. The maximum Gasteiger partial charge on any atom is 0.297 e. The maximum absolute atomic E-state index is 13.6. The van der Waals surface area contributed by atoms with Gasteiger partial charge < -0.3 is 4.42 Å².